The van der Waals surface area contributed by atoms with Gasteiger partial charge in [0.1, 0.15) is 17.3 Å². The summed E-state index contributed by atoms with van der Waals surface area (Å²) < 4.78 is 8.95. The number of para-hydroxylation sites is 1. The van der Waals surface area contributed by atoms with Crippen molar-refractivity contribution >= 4 is 86.4 Å². The Labute approximate surface area is 322 Å². The minimum Gasteiger partial charge on any atom is -0.456 e. The molecule has 10 aromatic rings. The third-order valence-electron chi connectivity index (χ3n) is 11.4. The van der Waals surface area contributed by atoms with Crippen LogP contribution in [0.15, 0.2) is 179 Å². The second-order valence-corrected chi connectivity index (χ2v) is 15.7. The lowest BCUT2D eigenvalue weighted by atomic mass is 9.90. The van der Waals surface area contributed by atoms with Crippen LogP contribution >= 0.6 is 11.3 Å². The number of hydrogen-bond donors (Lipinski definition) is 1. The first-order chi connectivity index (χ1) is 27.2. The minimum absolute atomic E-state index is 0.337. The van der Waals surface area contributed by atoms with Crippen LogP contribution in [0.4, 0.5) is 0 Å². The largest absolute Gasteiger partial charge is 0.456 e. The number of furan rings is 1. The Morgan fingerprint density at radius 2 is 1.25 bits per heavy atom. The van der Waals surface area contributed by atoms with E-state index < -0.39 is 0 Å². The number of nitrogens with zero attached hydrogens (tertiary/aromatic N) is 1. The highest BCUT2D eigenvalue weighted by atomic mass is 32.1. The third kappa shape index (κ3) is 5.28. The molecule has 1 unspecified atom stereocenters. The number of hydrogen-bond acceptors (Lipinski definition) is 4. The first-order valence-corrected chi connectivity index (χ1v) is 19.8. The molecule has 2 aromatic heterocycles. The van der Waals surface area contributed by atoms with E-state index in [1.165, 1.54) is 75.2 Å². The summed E-state index contributed by atoms with van der Waals surface area (Å²) in [6.07, 6.45) is 1.41. The Morgan fingerprint density at radius 1 is 0.545 bits per heavy atom. The summed E-state index contributed by atoms with van der Waals surface area (Å²) in [6.45, 7) is 2.30. The van der Waals surface area contributed by atoms with Crippen molar-refractivity contribution in [1.82, 2.24) is 5.32 Å². The Balaban J connectivity index is 1.12. The van der Waals surface area contributed by atoms with E-state index in [2.05, 4.69) is 170 Å². The van der Waals surface area contributed by atoms with Gasteiger partial charge in [-0.25, -0.2) is 0 Å². The summed E-state index contributed by atoms with van der Waals surface area (Å²) in [5.41, 5.74) is 11.3. The first-order valence-electron chi connectivity index (χ1n) is 19.0. The molecule has 55 heavy (non-hydrogen) atoms. The number of benzene rings is 8. The molecule has 0 saturated heterocycles. The molecular weight excluding hydrogens is 689 g/mol. The topological polar surface area (TPSA) is 37.5 Å². The Morgan fingerprint density at radius 3 is 2.16 bits per heavy atom. The van der Waals surface area contributed by atoms with Crippen LogP contribution in [-0.4, -0.2) is 5.71 Å². The monoisotopic (exact) mass is 724 g/mol. The summed E-state index contributed by atoms with van der Waals surface area (Å²) in [6, 6.07) is 59.1. The van der Waals surface area contributed by atoms with E-state index in [4.69, 9.17) is 9.41 Å². The quantitative estimate of drug-likeness (QED) is 0.196. The molecule has 0 fully saturated rings. The standard InChI is InChI=1S/C51H36N2OS/c1-31-24-29-43(34-26-25-32-12-2-3-13-33(32)30-34)52-51(53-50(31)42-19-11-23-47-49(42)41-17-7-9-22-46(41)55-47)39-28-27-37(35-14-4-5-15-36(35)39)38-18-10-21-45-48(38)40-16-6-8-20-44(40)54-45/h2-23,25-28,30,51,53H,24,29H2,1H3/b50-31+,52-43+. The van der Waals surface area contributed by atoms with Crippen LogP contribution in [-0.2, 0) is 0 Å². The highest BCUT2D eigenvalue weighted by Gasteiger charge is 2.25. The van der Waals surface area contributed by atoms with Crippen molar-refractivity contribution in [3.63, 3.8) is 0 Å². The maximum absolute atomic E-state index is 6.34. The van der Waals surface area contributed by atoms with Crippen LogP contribution in [0.3, 0.4) is 0 Å². The number of thiophene rings is 1. The summed E-state index contributed by atoms with van der Waals surface area (Å²) in [5.74, 6) is 0. The molecule has 0 radical (unpaired) electrons. The van der Waals surface area contributed by atoms with E-state index in [1.54, 1.807) is 0 Å². The summed E-state index contributed by atoms with van der Waals surface area (Å²) in [5, 5.41) is 13.8. The molecule has 0 aliphatic carbocycles. The van der Waals surface area contributed by atoms with Crippen molar-refractivity contribution in [2.75, 3.05) is 0 Å². The zero-order chi connectivity index (χ0) is 36.5. The lowest BCUT2D eigenvalue weighted by Crippen LogP contribution is -2.24. The van der Waals surface area contributed by atoms with Gasteiger partial charge in [0.15, 0.2) is 0 Å². The molecule has 1 aliphatic heterocycles. The van der Waals surface area contributed by atoms with Crippen LogP contribution in [0.25, 0.3) is 80.5 Å². The molecule has 4 heteroatoms. The molecule has 0 amide bonds. The van der Waals surface area contributed by atoms with Crippen molar-refractivity contribution in [1.29, 1.82) is 0 Å². The second-order valence-electron chi connectivity index (χ2n) is 14.6. The Kier molecular flexibility index (Phi) is 7.46. The molecule has 0 saturated carbocycles. The first kappa shape index (κ1) is 32.0. The average molecular weight is 725 g/mol. The number of aliphatic imine (C=N–C) groups is 1. The fraction of sp³-hybridized carbons (Fsp3) is 0.0784. The van der Waals surface area contributed by atoms with E-state index in [1.807, 2.05) is 17.4 Å². The molecule has 0 bridgehead atoms. The number of nitrogens with one attached hydrogen (secondary N) is 1. The van der Waals surface area contributed by atoms with E-state index in [9.17, 15) is 0 Å². The summed E-state index contributed by atoms with van der Waals surface area (Å²) >= 11 is 1.86. The summed E-state index contributed by atoms with van der Waals surface area (Å²) in [4.78, 5) is 5.72. The third-order valence-corrected chi connectivity index (χ3v) is 12.6. The van der Waals surface area contributed by atoms with Crippen LogP contribution in [0.5, 0.6) is 0 Å². The normalized spacial score (nSPS) is 17.5. The highest BCUT2D eigenvalue weighted by molar-refractivity contribution is 7.25. The summed E-state index contributed by atoms with van der Waals surface area (Å²) in [7, 11) is 0. The van der Waals surface area contributed by atoms with E-state index >= 15 is 0 Å². The molecule has 3 nitrogen and oxygen atoms in total. The van der Waals surface area contributed by atoms with Gasteiger partial charge < -0.3 is 9.73 Å². The van der Waals surface area contributed by atoms with E-state index in [0.717, 1.165) is 46.1 Å². The molecule has 8 aromatic carbocycles. The Hall–Kier alpha value is -6.49. The van der Waals surface area contributed by atoms with Crippen LogP contribution < -0.4 is 5.32 Å². The van der Waals surface area contributed by atoms with Gasteiger partial charge in [0, 0.05) is 53.5 Å². The SMILES string of the molecule is C/C1=C(/c2cccc3sc4ccccc4c23)NC(c2ccc(-c3cccc4oc5ccccc5c34)c3ccccc23)/N=C(/c2ccc3ccccc3c2)CC1. The minimum atomic E-state index is -0.337. The number of fused-ring (bicyclic) bond motifs is 8. The fourth-order valence-electron chi connectivity index (χ4n) is 8.76. The Bertz CT molecular complexity index is 3220. The van der Waals surface area contributed by atoms with Crippen molar-refractivity contribution < 1.29 is 4.42 Å². The lowest BCUT2D eigenvalue weighted by Gasteiger charge is -2.27. The zero-order valence-electron chi connectivity index (χ0n) is 30.3. The molecule has 1 atom stereocenters. The van der Waals surface area contributed by atoms with Crippen LogP contribution in [0.2, 0.25) is 0 Å². The van der Waals surface area contributed by atoms with Gasteiger partial charge >= 0.3 is 0 Å². The molecule has 1 N–H and O–H groups in total. The average Bonchev–Trinajstić information content (AvgIpc) is 3.81. The van der Waals surface area contributed by atoms with E-state index in [-0.39, 0.29) is 6.17 Å². The van der Waals surface area contributed by atoms with Gasteiger partial charge in [-0.15, -0.1) is 11.3 Å². The maximum atomic E-state index is 6.34. The predicted octanol–water partition coefficient (Wildman–Crippen LogP) is 14.2. The van der Waals surface area contributed by atoms with Gasteiger partial charge in [0.2, 0.25) is 0 Å². The number of allylic oxidation sites excluding steroid dienone is 1. The smallest absolute Gasteiger partial charge is 0.145 e. The maximum Gasteiger partial charge on any atom is 0.145 e. The molecule has 11 rings (SSSR count). The van der Waals surface area contributed by atoms with Gasteiger partial charge in [0.05, 0.1) is 0 Å². The molecule has 1 aliphatic rings. The van der Waals surface area contributed by atoms with Gasteiger partial charge in [-0.3, -0.25) is 4.99 Å². The van der Waals surface area contributed by atoms with Gasteiger partial charge in [0.25, 0.3) is 0 Å². The second kappa shape index (κ2) is 12.8. The lowest BCUT2D eigenvalue weighted by molar-refractivity contribution is 0.661. The highest BCUT2D eigenvalue weighted by Crippen LogP contribution is 2.43. The molecule has 262 valence electrons. The van der Waals surface area contributed by atoms with Crippen molar-refractivity contribution in [3.8, 4) is 11.1 Å². The van der Waals surface area contributed by atoms with Crippen molar-refractivity contribution in [2.45, 2.75) is 25.9 Å². The number of rotatable bonds is 4. The molecule has 3 heterocycles. The van der Waals surface area contributed by atoms with Gasteiger partial charge in [-0.2, -0.15) is 0 Å². The molecule has 0 spiro atoms. The van der Waals surface area contributed by atoms with Gasteiger partial charge in [-0.1, -0.05) is 133 Å². The van der Waals surface area contributed by atoms with Crippen LogP contribution in [0.1, 0.15) is 42.6 Å². The zero-order valence-corrected chi connectivity index (χ0v) is 31.2. The van der Waals surface area contributed by atoms with Crippen molar-refractivity contribution in [2.24, 2.45) is 4.99 Å². The molecular formula is C51H36N2OS. The predicted molar refractivity (Wildman–Crippen MR) is 234 cm³/mol. The van der Waals surface area contributed by atoms with Crippen molar-refractivity contribution in [3.05, 3.63) is 186 Å². The van der Waals surface area contributed by atoms with Crippen LogP contribution in [0, 0.1) is 0 Å². The van der Waals surface area contributed by atoms with E-state index in [0.29, 0.717) is 0 Å². The van der Waals surface area contributed by atoms with Gasteiger partial charge in [-0.05, 0) is 93.9 Å². The fourth-order valence-corrected chi connectivity index (χ4v) is 9.90.